The molecule has 0 bridgehead atoms. The van der Waals surface area contributed by atoms with Crippen molar-refractivity contribution in [2.24, 2.45) is 0 Å². The molecule has 1 amide bonds. The standard InChI is InChI=1S/C7H8ClN3O4S/c8-16(13,14)6-2-10-11(4-6)3-5-1-9-7(12)15-5/h2,4-5H,1,3H2,(H,9,12). The molecule has 2 rings (SSSR count). The van der Waals surface area contributed by atoms with Gasteiger partial charge in [0.1, 0.15) is 11.0 Å². The summed E-state index contributed by atoms with van der Waals surface area (Å²) in [6.45, 7) is 0.660. The van der Waals surface area contributed by atoms with E-state index in [1.54, 1.807) is 0 Å². The summed E-state index contributed by atoms with van der Waals surface area (Å²) >= 11 is 0. The van der Waals surface area contributed by atoms with Crippen molar-refractivity contribution in [2.75, 3.05) is 6.54 Å². The Labute approximate surface area is 95.7 Å². The number of carbonyl (C=O) groups is 1. The van der Waals surface area contributed by atoms with Crippen LogP contribution < -0.4 is 5.32 Å². The maximum absolute atomic E-state index is 10.9. The predicted molar refractivity (Wildman–Crippen MR) is 53.5 cm³/mol. The third-order valence-corrected chi connectivity index (χ3v) is 3.34. The van der Waals surface area contributed by atoms with Crippen molar-refractivity contribution < 1.29 is 17.9 Å². The zero-order chi connectivity index (χ0) is 11.8. The van der Waals surface area contributed by atoms with Crippen molar-refractivity contribution in [3.05, 3.63) is 12.4 Å². The molecule has 1 aromatic heterocycles. The zero-order valence-corrected chi connectivity index (χ0v) is 9.53. The molecule has 1 saturated heterocycles. The summed E-state index contributed by atoms with van der Waals surface area (Å²) in [5, 5.41) is 6.29. The minimum Gasteiger partial charge on any atom is -0.442 e. The molecule has 1 N–H and O–H groups in total. The maximum atomic E-state index is 10.9. The minimum absolute atomic E-state index is 0.0774. The van der Waals surface area contributed by atoms with E-state index in [-0.39, 0.29) is 17.5 Å². The lowest BCUT2D eigenvalue weighted by atomic mass is 10.4. The van der Waals surface area contributed by atoms with E-state index >= 15 is 0 Å². The van der Waals surface area contributed by atoms with Gasteiger partial charge < -0.3 is 10.1 Å². The lowest BCUT2D eigenvalue weighted by Gasteiger charge is -2.06. The van der Waals surface area contributed by atoms with E-state index in [1.807, 2.05) is 0 Å². The van der Waals surface area contributed by atoms with Crippen molar-refractivity contribution >= 4 is 25.8 Å². The summed E-state index contributed by atoms with van der Waals surface area (Å²) in [6.07, 6.45) is 1.60. The van der Waals surface area contributed by atoms with E-state index in [0.29, 0.717) is 6.54 Å². The first-order valence-electron chi connectivity index (χ1n) is 4.37. The number of aromatic nitrogens is 2. The van der Waals surface area contributed by atoms with Crippen molar-refractivity contribution in [3.63, 3.8) is 0 Å². The summed E-state index contributed by atoms with van der Waals surface area (Å²) in [7, 11) is 1.37. The minimum atomic E-state index is -3.76. The molecule has 0 aromatic carbocycles. The summed E-state index contributed by atoms with van der Waals surface area (Å²) in [5.74, 6) is 0. The Bertz CT molecular complexity index is 511. The summed E-state index contributed by atoms with van der Waals surface area (Å²) in [5.41, 5.74) is 0. The fourth-order valence-corrected chi connectivity index (χ4v) is 1.97. The van der Waals surface area contributed by atoms with Crippen LogP contribution in [0, 0.1) is 0 Å². The van der Waals surface area contributed by atoms with Crippen molar-refractivity contribution in [3.8, 4) is 0 Å². The Kier molecular flexibility index (Phi) is 2.76. The molecule has 88 valence electrons. The van der Waals surface area contributed by atoms with E-state index in [1.165, 1.54) is 10.9 Å². The molecule has 1 fully saturated rings. The molecule has 1 aliphatic heterocycles. The van der Waals surface area contributed by atoms with Crippen molar-refractivity contribution in [1.82, 2.24) is 15.1 Å². The number of nitrogens with one attached hydrogen (secondary N) is 1. The van der Waals surface area contributed by atoms with Crippen LogP contribution in [0.15, 0.2) is 17.3 Å². The summed E-state index contributed by atoms with van der Waals surface area (Å²) < 4.78 is 28.1. The largest absolute Gasteiger partial charge is 0.442 e. The molecule has 1 aliphatic rings. The van der Waals surface area contributed by atoms with Crippen LogP contribution in [0.1, 0.15) is 0 Å². The van der Waals surface area contributed by atoms with Crippen LogP contribution >= 0.6 is 10.7 Å². The number of hydrogen-bond acceptors (Lipinski definition) is 5. The van der Waals surface area contributed by atoms with Crippen LogP contribution in [0.3, 0.4) is 0 Å². The van der Waals surface area contributed by atoms with Gasteiger partial charge in [0.15, 0.2) is 0 Å². The van der Waals surface area contributed by atoms with Crippen LogP contribution in [-0.2, 0) is 20.3 Å². The highest BCUT2D eigenvalue weighted by molar-refractivity contribution is 8.13. The van der Waals surface area contributed by atoms with E-state index in [4.69, 9.17) is 15.4 Å². The van der Waals surface area contributed by atoms with Crippen LogP contribution in [0.5, 0.6) is 0 Å². The van der Waals surface area contributed by atoms with Gasteiger partial charge in [-0.3, -0.25) is 4.68 Å². The third kappa shape index (κ3) is 2.45. The molecule has 0 saturated carbocycles. The Morgan fingerprint density at radius 2 is 2.44 bits per heavy atom. The van der Waals surface area contributed by atoms with Gasteiger partial charge in [-0.1, -0.05) is 0 Å². The number of hydrogen-bond donors (Lipinski definition) is 1. The monoisotopic (exact) mass is 265 g/mol. The maximum Gasteiger partial charge on any atom is 0.407 e. The van der Waals surface area contributed by atoms with Crippen LogP contribution in [0.25, 0.3) is 0 Å². The van der Waals surface area contributed by atoms with Gasteiger partial charge in [-0.05, 0) is 0 Å². The Balaban J connectivity index is 2.06. The van der Waals surface area contributed by atoms with Crippen molar-refractivity contribution in [1.29, 1.82) is 0 Å². The number of halogens is 1. The van der Waals surface area contributed by atoms with Gasteiger partial charge in [-0.25, -0.2) is 13.2 Å². The molecule has 7 nitrogen and oxygen atoms in total. The SMILES string of the molecule is O=C1NCC(Cn2cc(S(=O)(=O)Cl)cn2)O1. The predicted octanol–water partition coefficient (Wildman–Crippen LogP) is -0.0810. The average molecular weight is 266 g/mol. The second-order valence-electron chi connectivity index (χ2n) is 3.24. The Morgan fingerprint density at radius 3 is 2.94 bits per heavy atom. The highest BCUT2D eigenvalue weighted by atomic mass is 35.7. The van der Waals surface area contributed by atoms with Gasteiger partial charge >= 0.3 is 6.09 Å². The molecule has 0 spiro atoms. The number of nitrogens with zero attached hydrogens (tertiary/aromatic N) is 2. The first-order valence-corrected chi connectivity index (χ1v) is 6.68. The fourth-order valence-electron chi connectivity index (χ4n) is 1.31. The van der Waals surface area contributed by atoms with E-state index in [2.05, 4.69) is 10.4 Å². The van der Waals surface area contributed by atoms with E-state index in [9.17, 15) is 13.2 Å². The molecule has 2 heterocycles. The highest BCUT2D eigenvalue weighted by Crippen LogP contribution is 2.13. The van der Waals surface area contributed by atoms with Gasteiger partial charge in [0.25, 0.3) is 9.05 Å². The number of amides is 1. The lowest BCUT2D eigenvalue weighted by Crippen LogP contribution is -2.20. The third-order valence-electron chi connectivity index (χ3n) is 2.03. The quantitative estimate of drug-likeness (QED) is 0.772. The van der Waals surface area contributed by atoms with Crippen LogP contribution in [0.2, 0.25) is 0 Å². The molecule has 1 aromatic rings. The summed E-state index contributed by atoms with van der Waals surface area (Å²) in [4.78, 5) is 10.7. The second kappa shape index (κ2) is 3.95. The topological polar surface area (TPSA) is 90.3 Å². The molecule has 1 atom stereocenters. The fraction of sp³-hybridized carbons (Fsp3) is 0.429. The molecule has 0 aliphatic carbocycles. The molecule has 1 unspecified atom stereocenters. The van der Waals surface area contributed by atoms with Gasteiger partial charge in [-0.15, -0.1) is 0 Å². The average Bonchev–Trinajstić information content (AvgIpc) is 2.74. The first-order chi connectivity index (χ1) is 7.45. The molecule has 16 heavy (non-hydrogen) atoms. The number of carbonyl (C=O) groups excluding carboxylic acids is 1. The molecule has 9 heteroatoms. The molecule has 0 radical (unpaired) electrons. The van der Waals surface area contributed by atoms with Gasteiger partial charge in [0.05, 0.1) is 19.3 Å². The van der Waals surface area contributed by atoms with Crippen LogP contribution in [0.4, 0.5) is 4.79 Å². The molecular weight excluding hydrogens is 258 g/mol. The van der Waals surface area contributed by atoms with E-state index in [0.717, 1.165) is 6.20 Å². The van der Waals surface area contributed by atoms with Crippen molar-refractivity contribution in [2.45, 2.75) is 17.5 Å². The highest BCUT2D eigenvalue weighted by Gasteiger charge is 2.23. The molecular formula is C7H8ClN3O4S. The Hall–Kier alpha value is -1.28. The normalized spacial score (nSPS) is 20.6. The smallest absolute Gasteiger partial charge is 0.407 e. The number of ether oxygens (including phenoxy) is 1. The number of rotatable bonds is 3. The van der Waals surface area contributed by atoms with E-state index < -0.39 is 15.1 Å². The number of alkyl carbamates (subject to hydrolysis) is 1. The van der Waals surface area contributed by atoms with Gasteiger partial charge in [-0.2, -0.15) is 5.10 Å². The number of cyclic esters (lactones) is 1. The van der Waals surface area contributed by atoms with Gasteiger partial charge in [0, 0.05) is 16.9 Å². The second-order valence-corrected chi connectivity index (χ2v) is 5.81. The lowest BCUT2D eigenvalue weighted by molar-refractivity contribution is 0.128. The summed E-state index contributed by atoms with van der Waals surface area (Å²) in [6, 6.07) is 0. The van der Waals surface area contributed by atoms with Crippen LogP contribution in [-0.4, -0.2) is 36.9 Å². The first kappa shape index (κ1) is 11.2. The van der Waals surface area contributed by atoms with Gasteiger partial charge in [0.2, 0.25) is 0 Å². The zero-order valence-electron chi connectivity index (χ0n) is 7.96. The Morgan fingerprint density at radius 1 is 1.69 bits per heavy atom.